The molecule has 0 fully saturated rings. The molecule has 0 atom stereocenters. The highest BCUT2D eigenvalue weighted by atomic mass is 32.2. The Morgan fingerprint density at radius 1 is 1.11 bits per heavy atom. The average molecular weight is 273 g/mol. The standard InChI is InChI=1S/C15H15NO2S/c1-11-8-9-14(12(2)10-11)19-16-15(17)18-13-6-4-3-5-7-13/h3-10H,1-2H3,(H,16,17). The number of aryl methyl sites for hydroxylation is 2. The van der Waals surface area contributed by atoms with E-state index >= 15 is 0 Å². The maximum absolute atomic E-state index is 11.6. The summed E-state index contributed by atoms with van der Waals surface area (Å²) in [4.78, 5) is 12.6. The van der Waals surface area contributed by atoms with E-state index in [1.165, 1.54) is 17.5 Å². The van der Waals surface area contributed by atoms with Gasteiger partial charge in [-0.05, 0) is 49.6 Å². The Labute approximate surface area is 117 Å². The van der Waals surface area contributed by atoms with Crippen molar-refractivity contribution in [3.05, 3.63) is 59.7 Å². The highest BCUT2D eigenvalue weighted by Gasteiger charge is 2.06. The zero-order valence-corrected chi connectivity index (χ0v) is 11.7. The van der Waals surface area contributed by atoms with E-state index in [2.05, 4.69) is 10.8 Å². The van der Waals surface area contributed by atoms with E-state index in [1.54, 1.807) is 12.1 Å². The van der Waals surface area contributed by atoms with Gasteiger partial charge in [0, 0.05) is 4.90 Å². The van der Waals surface area contributed by atoms with Crippen molar-refractivity contribution >= 4 is 18.0 Å². The summed E-state index contributed by atoms with van der Waals surface area (Å²) in [5.41, 5.74) is 2.33. The number of hydrogen-bond donors (Lipinski definition) is 1. The van der Waals surface area contributed by atoms with Crippen molar-refractivity contribution in [2.24, 2.45) is 0 Å². The van der Waals surface area contributed by atoms with Crippen LogP contribution in [0.4, 0.5) is 4.79 Å². The Morgan fingerprint density at radius 2 is 1.84 bits per heavy atom. The van der Waals surface area contributed by atoms with Crippen LogP contribution in [0.5, 0.6) is 5.75 Å². The maximum Gasteiger partial charge on any atom is 0.422 e. The smallest absolute Gasteiger partial charge is 0.410 e. The lowest BCUT2D eigenvalue weighted by molar-refractivity contribution is 0.207. The van der Waals surface area contributed by atoms with Gasteiger partial charge in [-0.15, -0.1) is 0 Å². The van der Waals surface area contributed by atoms with Crippen LogP contribution in [0.1, 0.15) is 11.1 Å². The van der Waals surface area contributed by atoms with Gasteiger partial charge in [0.15, 0.2) is 0 Å². The fraction of sp³-hybridized carbons (Fsp3) is 0.133. The first-order valence-electron chi connectivity index (χ1n) is 5.92. The molecule has 98 valence electrons. The molecule has 0 spiro atoms. The zero-order chi connectivity index (χ0) is 13.7. The number of amides is 1. The Bertz CT molecular complexity index is 570. The van der Waals surface area contributed by atoms with Crippen LogP contribution in [0.2, 0.25) is 0 Å². The van der Waals surface area contributed by atoms with Crippen molar-refractivity contribution in [1.82, 2.24) is 4.72 Å². The highest BCUT2D eigenvalue weighted by Crippen LogP contribution is 2.20. The van der Waals surface area contributed by atoms with E-state index < -0.39 is 6.09 Å². The summed E-state index contributed by atoms with van der Waals surface area (Å²) in [5, 5.41) is 0. The Hall–Kier alpha value is -1.94. The first-order valence-corrected chi connectivity index (χ1v) is 6.74. The predicted octanol–water partition coefficient (Wildman–Crippen LogP) is 4.10. The summed E-state index contributed by atoms with van der Waals surface area (Å²) in [6, 6.07) is 15.1. The van der Waals surface area contributed by atoms with Crippen LogP contribution in [0.15, 0.2) is 53.4 Å². The lowest BCUT2D eigenvalue weighted by Gasteiger charge is -2.08. The van der Waals surface area contributed by atoms with Crippen molar-refractivity contribution in [2.75, 3.05) is 0 Å². The summed E-state index contributed by atoms with van der Waals surface area (Å²) in [5.74, 6) is 0.529. The number of ether oxygens (including phenoxy) is 1. The van der Waals surface area contributed by atoms with Crippen LogP contribution < -0.4 is 9.46 Å². The Kier molecular flexibility index (Phi) is 4.47. The predicted molar refractivity (Wildman–Crippen MR) is 77.4 cm³/mol. The molecule has 0 saturated carbocycles. The van der Waals surface area contributed by atoms with Crippen molar-refractivity contribution in [3.63, 3.8) is 0 Å². The first-order chi connectivity index (χ1) is 9.15. The van der Waals surface area contributed by atoms with Gasteiger partial charge in [-0.25, -0.2) is 4.79 Å². The minimum absolute atomic E-state index is 0.476. The molecule has 19 heavy (non-hydrogen) atoms. The monoisotopic (exact) mass is 273 g/mol. The molecule has 2 aromatic carbocycles. The van der Waals surface area contributed by atoms with Crippen LogP contribution in [0, 0.1) is 13.8 Å². The third-order valence-corrected chi connectivity index (χ3v) is 3.48. The van der Waals surface area contributed by atoms with E-state index in [4.69, 9.17) is 4.74 Å². The fourth-order valence-electron chi connectivity index (χ4n) is 1.63. The van der Waals surface area contributed by atoms with Crippen LogP contribution in [0.25, 0.3) is 0 Å². The lowest BCUT2D eigenvalue weighted by atomic mass is 10.2. The molecule has 0 saturated heterocycles. The third-order valence-electron chi connectivity index (χ3n) is 2.53. The topological polar surface area (TPSA) is 38.3 Å². The molecular formula is C15H15NO2S. The average Bonchev–Trinajstić information content (AvgIpc) is 2.39. The quantitative estimate of drug-likeness (QED) is 0.856. The van der Waals surface area contributed by atoms with Crippen LogP contribution in [-0.4, -0.2) is 6.09 Å². The van der Waals surface area contributed by atoms with Crippen LogP contribution in [-0.2, 0) is 0 Å². The van der Waals surface area contributed by atoms with Gasteiger partial charge < -0.3 is 4.74 Å². The van der Waals surface area contributed by atoms with Crippen molar-refractivity contribution < 1.29 is 9.53 Å². The molecule has 0 aliphatic heterocycles. The van der Waals surface area contributed by atoms with Gasteiger partial charge in [0.2, 0.25) is 0 Å². The third kappa shape index (κ3) is 4.03. The maximum atomic E-state index is 11.6. The normalized spacial score (nSPS) is 10.0. The van der Waals surface area contributed by atoms with Gasteiger partial charge in [-0.1, -0.05) is 35.9 Å². The van der Waals surface area contributed by atoms with Gasteiger partial charge in [-0.3, -0.25) is 4.72 Å². The number of para-hydroxylation sites is 1. The second-order valence-corrected chi connectivity index (χ2v) is 5.02. The van der Waals surface area contributed by atoms with Gasteiger partial charge >= 0.3 is 6.09 Å². The van der Waals surface area contributed by atoms with Crippen LogP contribution in [0.3, 0.4) is 0 Å². The minimum Gasteiger partial charge on any atom is -0.410 e. The molecule has 2 aromatic rings. The molecule has 0 bridgehead atoms. The van der Waals surface area contributed by atoms with E-state index in [0.717, 1.165) is 10.5 Å². The molecule has 1 N–H and O–H groups in total. The number of carbonyl (C=O) groups excluding carboxylic acids is 1. The molecule has 0 aliphatic carbocycles. The molecule has 3 nitrogen and oxygen atoms in total. The minimum atomic E-state index is -0.476. The van der Waals surface area contributed by atoms with Gasteiger partial charge in [-0.2, -0.15) is 0 Å². The van der Waals surface area contributed by atoms with Crippen molar-refractivity contribution in [2.45, 2.75) is 18.7 Å². The van der Waals surface area contributed by atoms with Crippen molar-refractivity contribution in [1.29, 1.82) is 0 Å². The SMILES string of the molecule is Cc1ccc(SNC(=O)Oc2ccccc2)c(C)c1. The Balaban J connectivity index is 1.90. The number of nitrogens with one attached hydrogen (secondary N) is 1. The van der Waals surface area contributed by atoms with Crippen molar-refractivity contribution in [3.8, 4) is 5.75 Å². The molecule has 1 amide bonds. The molecule has 0 aliphatic rings. The Morgan fingerprint density at radius 3 is 2.53 bits per heavy atom. The zero-order valence-electron chi connectivity index (χ0n) is 10.8. The highest BCUT2D eigenvalue weighted by molar-refractivity contribution is 7.98. The summed E-state index contributed by atoms with van der Waals surface area (Å²) < 4.78 is 7.79. The van der Waals surface area contributed by atoms with Gasteiger partial charge in [0.1, 0.15) is 5.75 Å². The molecule has 2 rings (SSSR count). The number of rotatable bonds is 3. The number of benzene rings is 2. The summed E-state index contributed by atoms with van der Waals surface area (Å²) in [6.45, 7) is 4.05. The van der Waals surface area contributed by atoms with Gasteiger partial charge in [0.25, 0.3) is 0 Å². The van der Waals surface area contributed by atoms with E-state index in [9.17, 15) is 4.79 Å². The molecule has 0 unspecified atom stereocenters. The fourth-order valence-corrected chi connectivity index (χ4v) is 2.22. The van der Waals surface area contributed by atoms with E-state index in [1.807, 2.05) is 44.2 Å². The second kappa shape index (κ2) is 6.29. The van der Waals surface area contributed by atoms with E-state index in [0.29, 0.717) is 5.75 Å². The summed E-state index contributed by atoms with van der Waals surface area (Å²) in [6.07, 6.45) is -0.476. The molecule has 0 radical (unpaired) electrons. The molecule has 4 heteroatoms. The number of carbonyl (C=O) groups is 1. The molecular weight excluding hydrogens is 258 g/mol. The van der Waals surface area contributed by atoms with Crippen LogP contribution >= 0.6 is 11.9 Å². The van der Waals surface area contributed by atoms with Gasteiger partial charge in [0.05, 0.1) is 0 Å². The largest absolute Gasteiger partial charge is 0.422 e. The molecule has 0 heterocycles. The lowest BCUT2D eigenvalue weighted by Crippen LogP contribution is -2.20. The summed E-state index contributed by atoms with van der Waals surface area (Å²) >= 11 is 1.26. The molecule has 0 aromatic heterocycles. The van der Waals surface area contributed by atoms with E-state index in [-0.39, 0.29) is 0 Å². The summed E-state index contributed by atoms with van der Waals surface area (Å²) in [7, 11) is 0. The number of hydrogen-bond acceptors (Lipinski definition) is 3. The first kappa shape index (κ1) is 13.5. The second-order valence-electron chi connectivity index (χ2n) is 4.18.